The van der Waals surface area contributed by atoms with Crippen LogP contribution in [0.4, 0.5) is 10.1 Å². The second kappa shape index (κ2) is 7.14. The number of hydrogen-bond acceptors (Lipinski definition) is 4. The van der Waals surface area contributed by atoms with E-state index in [9.17, 15) is 4.39 Å². The lowest BCUT2D eigenvalue weighted by atomic mass is 10.0. The highest BCUT2D eigenvalue weighted by Gasteiger charge is 2.22. The van der Waals surface area contributed by atoms with Gasteiger partial charge in [0.15, 0.2) is 5.82 Å². The zero-order valence-corrected chi connectivity index (χ0v) is 14.4. The summed E-state index contributed by atoms with van der Waals surface area (Å²) in [7, 11) is 0. The Bertz CT molecular complexity index is 972. The summed E-state index contributed by atoms with van der Waals surface area (Å²) in [6.45, 7) is 2.38. The zero-order chi connectivity index (χ0) is 17.9. The summed E-state index contributed by atoms with van der Waals surface area (Å²) in [6, 6.07) is 10.4. The van der Waals surface area contributed by atoms with Gasteiger partial charge in [-0.05, 0) is 24.5 Å². The third kappa shape index (κ3) is 3.14. The largest absolute Gasteiger partial charge is 0.382 e. The molecule has 4 rings (SSSR count). The molecule has 1 aliphatic heterocycles. The summed E-state index contributed by atoms with van der Waals surface area (Å²) in [5, 5.41) is 13.3. The smallest absolute Gasteiger partial charge is 0.164 e. The predicted octanol–water partition coefficient (Wildman–Crippen LogP) is 3.24. The highest BCUT2D eigenvalue weighted by atomic mass is 19.1. The molecular formula is C20H20FN5. The van der Waals surface area contributed by atoms with Gasteiger partial charge in [-0.15, -0.1) is 0 Å². The molecule has 0 saturated heterocycles. The van der Waals surface area contributed by atoms with Gasteiger partial charge in [0.05, 0.1) is 30.2 Å². The van der Waals surface area contributed by atoms with E-state index in [2.05, 4.69) is 33.5 Å². The first-order chi connectivity index (χ1) is 12.8. The molecule has 0 fully saturated rings. The summed E-state index contributed by atoms with van der Waals surface area (Å²) in [6.07, 6.45) is 4.81. The average molecular weight is 349 g/mol. The second-order valence-electron chi connectivity index (χ2n) is 6.56. The lowest BCUT2D eigenvalue weighted by Gasteiger charge is -2.27. The molecule has 26 heavy (non-hydrogen) atoms. The van der Waals surface area contributed by atoms with Crippen LogP contribution in [0.25, 0.3) is 10.9 Å². The number of nitrogens with zero attached hydrogens (tertiary/aromatic N) is 3. The van der Waals surface area contributed by atoms with E-state index in [0.29, 0.717) is 31.7 Å². The van der Waals surface area contributed by atoms with Crippen LogP contribution in [-0.4, -0.2) is 34.5 Å². The molecule has 0 unspecified atom stereocenters. The van der Waals surface area contributed by atoms with E-state index in [-0.39, 0.29) is 5.82 Å². The number of pyridine rings is 1. The zero-order valence-electron chi connectivity index (χ0n) is 14.4. The van der Waals surface area contributed by atoms with E-state index >= 15 is 0 Å². The highest BCUT2D eigenvalue weighted by Crippen LogP contribution is 2.27. The standard InChI is InChI=1S/C20H20FN5/c21-17-12-25-19-13-26(10-7-22)9-6-16(19)20(17)23-8-5-14-11-24-18-4-2-1-3-15(14)18/h1-4,11-12,24H,5-6,8-10,13H2,(H,23,25). The molecule has 0 spiro atoms. The minimum atomic E-state index is -0.309. The summed E-state index contributed by atoms with van der Waals surface area (Å²) < 4.78 is 14.3. The van der Waals surface area contributed by atoms with Crippen molar-refractivity contribution in [2.45, 2.75) is 19.4 Å². The Hall–Kier alpha value is -2.91. The fourth-order valence-electron chi connectivity index (χ4n) is 3.62. The number of fused-ring (bicyclic) bond motifs is 2. The maximum Gasteiger partial charge on any atom is 0.164 e. The third-order valence-corrected chi connectivity index (χ3v) is 4.94. The van der Waals surface area contributed by atoms with E-state index in [1.54, 1.807) is 0 Å². The number of hydrogen-bond donors (Lipinski definition) is 2. The topological polar surface area (TPSA) is 67.7 Å². The molecule has 2 N–H and O–H groups in total. The van der Waals surface area contributed by atoms with Crippen LogP contribution in [0.15, 0.2) is 36.7 Å². The number of para-hydroxylation sites is 1. The normalized spacial score (nSPS) is 14.2. The maximum absolute atomic E-state index is 14.3. The fourth-order valence-corrected chi connectivity index (χ4v) is 3.62. The molecule has 5 nitrogen and oxygen atoms in total. The van der Waals surface area contributed by atoms with E-state index in [1.165, 1.54) is 17.1 Å². The third-order valence-electron chi connectivity index (χ3n) is 4.94. The summed E-state index contributed by atoms with van der Waals surface area (Å²) in [5.74, 6) is -0.309. The van der Waals surface area contributed by atoms with Gasteiger partial charge in [0.1, 0.15) is 0 Å². The predicted molar refractivity (Wildman–Crippen MR) is 99.3 cm³/mol. The molecule has 0 atom stereocenters. The molecule has 0 saturated carbocycles. The van der Waals surface area contributed by atoms with Crippen molar-refractivity contribution in [3.63, 3.8) is 0 Å². The van der Waals surface area contributed by atoms with Gasteiger partial charge in [-0.25, -0.2) is 4.39 Å². The number of aromatic amines is 1. The van der Waals surface area contributed by atoms with Gasteiger partial charge in [-0.2, -0.15) is 5.26 Å². The number of benzene rings is 1. The number of aromatic nitrogens is 2. The molecule has 3 heterocycles. The minimum Gasteiger partial charge on any atom is -0.382 e. The number of anilines is 1. The van der Waals surface area contributed by atoms with E-state index in [4.69, 9.17) is 5.26 Å². The van der Waals surface area contributed by atoms with Crippen LogP contribution in [-0.2, 0) is 19.4 Å². The quantitative estimate of drug-likeness (QED) is 0.694. The maximum atomic E-state index is 14.3. The van der Waals surface area contributed by atoms with Gasteiger partial charge >= 0.3 is 0 Å². The van der Waals surface area contributed by atoms with Gasteiger partial charge < -0.3 is 10.3 Å². The summed E-state index contributed by atoms with van der Waals surface area (Å²) in [4.78, 5) is 9.54. The van der Waals surface area contributed by atoms with Crippen LogP contribution < -0.4 is 5.32 Å². The Morgan fingerprint density at radius 2 is 2.23 bits per heavy atom. The lowest BCUT2D eigenvalue weighted by molar-refractivity contribution is 0.280. The monoisotopic (exact) mass is 349 g/mol. The first kappa shape index (κ1) is 16.6. The number of nitriles is 1. The Labute approximate surface area is 151 Å². The SMILES string of the molecule is N#CCN1CCc2c(ncc(F)c2NCCc2c[nH]c3ccccc23)C1. The molecule has 0 bridgehead atoms. The van der Waals surface area contributed by atoms with Crippen molar-refractivity contribution < 1.29 is 4.39 Å². The Balaban J connectivity index is 1.48. The first-order valence-corrected chi connectivity index (χ1v) is 8.80. The molecule has 1 aromatic carbocycles. The fraction of sp³-hybridized carbons (Fsp3) is 0.300. The molecule has 0 radical (unpaired) electrons. The van der Waals surface area contributed by atoms with Crippen LogP contribution in [0, 0.1) is 17.1 Å². The molecule has 2 aromatic heterocycles. The molecule has 0 aliphatic carbocycles. The van der Waals surface area contributed by atoms with Crippen LogP contribution in [0.1, 0.15) is 16.8 Å². The van der Waals surface area contributed by atoms with Crippen molar-refractivity contribution in [3.8, 4) is 6.07 Å². The van der Waals surface area contributed by atoms with Crippen LogP contribution in [0.2, 0.25) is 0 Å². The number of H-pyrrole nitrogens is 1. The average Bonchev–Trinajstić information content (AvgIpc) is 3.07. The Kier molecular flexibility index (Phi) is 4.55. The van der Waals surface area contributed by atoms with Crippen LogP contribution >= 0.6 is 0 Å². The molecule has 3 aromatic rings. The Morgan fingerprint density at radius 3 is 3.12 bits per heavy atom. The lowest BCUT2D eigenvalue weighted by Crippen LogP contribution is -2.32. The number of rotatable bonds is 5. The van der Waals surface area contributed by atoms with Crippen molar-refractivity contribution in [2.75, 3.05) is 25.0 Å². The number of halogens is 1. The number of nitrogens with one attached hydrogen (secondary N) is 2. The molecule has 132 valence electrons. The summed E-state index contributed by atoms with van der Waals surface area (Å²) in [5.41, 5.74) is 4.70. The van der Waals surface area contributed by atoms with E-state index in [0.717, 1.165) is 29.7 Å². The van der Waals surface area contributed by atoms with Crippen molar-refractivity contribution in [1.29, 1.82) is 5.26 Å². The van der Waals surface area contributed by atoms with Gasteiger partial charge in [0, 0.05) is 42.3 Å². The van der Waals surface area contributed by atoms with Crippen molar-refractivity contribution in [1.82, 2.24) is 14.9 Å². The molecule has 1 aliphatic rings. The van der Waals surface area contributed by atoms with Crippen molar-refractivity contribution >= 4 is 16.6 Å². The van der Waals surface area contributed by atoms with Gasteiger partial charge in [0.2, 0.25) is 0 Å². The van der Waals surface area contributed by atoms with E-state index < -0.39 is 0 Å². The van der Waals surface area contributed by atoms with Crippen molar-refractivity contribution in [3.05, 3.63) is 59.3 Å². The van der Waals surface area contributed by atoms with Gasteiger partial charge in [-0.3, -0.25) is 9.88 Å². The molecule has 0 amide bonds. The van der Waals surface area contributed by atoms with E-state index in [1.807, 2.05) is 23.2 Å². The highest BCUT2D eigenvalue weighted by molar-refractivity contribution is 5.83. The first-order valence-electron chi connectivity index (χ1n) is 8.80. The Morgan fingerprint density at radius 1 is 1.35 bits per heavy atom. The molecular weight excluding hydrogens is 329 g/mol. The van der Waals surface area contributed by atoms with Gasteiger partial charge in [-0.1, -0.05) is 18.2 Å². The van der Waals surface area contributed by atoms with Crippen LogP contribution in [0.3, 0.4) is 0 Å². The summed E-state index contributed by atoms with van der Waals surface area (Å²) >= 11 is 0. The molecule has 6 heteroatoms. The second-order valence-corrected chi connectivity index (χ2v) is 6.56. The van der Waals surface area contributed by atoms with Crippen molar-refractivity contribution in [2.24, 2.45) is 0 Å². The van der Waals surface area contributed by atoms with Crippen LogP contribution in [0.5, 0.6) is 0 Å². The minimum absolute atomic E-state index is 0.309. The van der Waals surface area contributed by atoms with Gasteiger partial charge in [0.25, 0.3) is 0 Å².